The number of unbranched alkanes of at least 4 members (excludes halogenated alkanes) is 1. The zero-order valence-electron chi connectivity index (χ0n) is 13.8. The van der Waals surface area contributed by atoms with Crippen molar-refractivity contribution in [2.75, 3.05) is 18.5 Å². The Bertz CT molecular complexity index is 540. The quantitative estimate of drug-likeness (QED) is 0.429. The van der Waals surface area contributed by atoms with Crippen LogP contribution in [-0.2, 0) is 14.3 Å². The summed E-state index contributed by atoms with van der Waals surface area (Å²) in [6.07, 6.45) is 2.88. The van der Waals surface area contributed by atoms with E-state index in [0.717, 1.165) is 31.6 Å². The van der Waals surface area contributed by atoms with Crippen molar-refractivity contribution in [3.63, 3.8) is 0 Å². The van der Waals surface area contributed by atoms with Crippen LogP contribution in [0.25, 0.3) is 0 Å². The lowest BCUT2D eigenvalue weighted by Crippen LogP contribution is -2.34. The van der Waals surface area contributed by atoms with Gasteiger partial charge in [-0.3, -0.25) is 9.59 Å². The van der Waals surface area contributed by atoms with Crippen molar-refractivity contribution in [3.05, 3.63) is 29.8 Å². The molecular weight excluding hydrogens is 294 g/mol. The maximum Gasteiger partial charge on any atom is 0.309 e. The van der Waals surface area contributed by atoms with E-state index in [1.54, 1.807) is 13.0 Å². The molecule has 1 aliphatic heterocycles. The highest BCUT2D eigenvalue weighted by Crippen LogP contribution is 2.23. The largest absolute Gasteiger partial charge is 0.465 e. The first kappa shape index (κ1) is 17.5. The maximum absolute atomic E-state index is 12.5. The molecule has 23 heavy (non-hydrogen) atoms. The zero-order valence-corrected chi connectivity index (χ0v) is 13.8. The predicted molar refractivity (Wildman–Crippen MR) is 88.4 cm³/mol. The number of esters is 1. The molecule has 1 aromatic carbocycles. The second-order valence-electron chi connectivity index (χ2n) is 5.89. The number of Topliss-reactive ketones (excluding diaryl/α,β-unsaturated/α-hetero) is 1. The third-order valence-corrected chi connectivity index (χ3v) is 3.88. The minimum absolute atomic E-state index is 0.0274. The summed E-state index contributed by atoms with van der Waals surface area (Å²) in [6, 6.07) is 7.34. The highest BCUT2D eigenvalue weighted by atomic mass is 16.5. The van der Waals surface area contributed by atoms with Crippen molar-refractivity contribution >= 4 is 17.4 Å². The van der Waals surface area contributed by atoms with Gasteiger partial charge in [0, 0.05) is 24.1 Å². The van der Waals surface area contributed by atoms with Gasteiger partial charge in [0.25, 0.3) is 0 Å². The van der Waals surface area contributed by atoms with Crippen LogP contribution in [0.5, 0.6) is 0 Å². The molecule has 0 spiro atoms. The molecule has 1 aliphatic rings. The van der Waals surface area contributed by atoms with Crippen molar-refractivity contribution in [3.8, 4) is 0 Å². The SMILES string of the molecule is CCCCOC(=O)C(C)CC(=O)c1ccccc1NC1CCO1. The average molecular weight is 319 g/mol. The van der Waals surface area contributed by atoms with Gasteiger partial charge < -0.3 is 14.8 Å². The molecule has 0 aliphatic carbocycles. The number of hydrogen-bond acceptors (Lipinski definition) is 5. The van der Waals surface area contributed by atoms with Crippen LogP contribution in [0.3, 0.4) is 0 Å². The molecule has 5 heteroatoms. The fourth-order valence-corrected chi connectivity index (χ4v) is 2.31. The Hall–Kier alpha value is -1.88. The van der Waals surface area contributed by atoms with Crippen LogP contribution in [0, 0.1) is 5.92 Å². The lowest BCUT2D eigenvalue weighted by atomic mass is 9.98. The van der Waals surface area contributed by atoms with Gasteiger partial charge in [-0.2, -0.15) is 0 Å². The number of nitrogens with one attached hydrogen (secondary N) is 1. The predicted octanol–water partition coefficient (Wildman–Crippen LogP) is 3.40. The second kappa shape index (κ2) is 8.67. The number of ketones is 1. The maximum atomic E-state index is 12.5. The van der Waals surface area contributed by atoms with Crippen molar-refractivity contribution < 1.29 is 19.1 Å². The molecule has 2 unspecified atom stereocenters. The minimum atomic E-state index is -0.438. The monoisotopic (exact) mass is 319 g/mol. The minimum Gasteiger partial charge on any atom is -0.465 e. The Balaban J connectivity index is 1.93. The summed E-state index contributed by atoms with van der Waals surface area (Å²) in [7, 11) is 0. The molecule has 5 nitrogen and oxygen atoms in total. The number of ether oxygens (including phenoxy) is 2. The Morgan fingerprint density at radius 3 is 2.78 bits per heavy atom. The molecule has 0 amide bonds. The Morgan fingerprint density at radius 1 is 1.39 bits per heavy atom. The summed E-state index contributed by atoms with van der Waals surface area (Å²) in [5, 5.41) is 3.21. The molecule has 2 rings (SSSR count). The summed E-state index contributed by atoms with van der Waals surface area (Å²) < 4.78 is 10.5. The smallest absolute Gasteiger partial charge is 0.309 e. The molecule has 0 radical (unpaired) electrons. The normalized spacial score (nSPS) is 17.9. The van der Waals surface area contributed by atoms with Crippen LogP contribution in [0.1, 0.15) is 49.9 Å². The molecule has 1 aromatic rings. The molecule has 126 valence electrons. The highest BCUT2D eigenvalue weighted by molar-refractivity contribution is 6.02. The van der Waals surface area contributed by atoms with Crippen LogP contribution in [0.2, 0.25) is 0 Å². The second-order valence-corrected chi connectivity index (χ2v) is 5.89. The topological polar surface area (TPSA) is 64.6 Å². The fraction of sp³-hybridized carbons (Fsp3) is 0.556. The Kier molecular flexibility index (Phi) is 6.59. The lowest BCUT2D eigenvalue weighted by Gasteiger charge is -2.29. The summed E-state index contributed by atoms with van der Waals surface area (Å²) in [6.45, 7) is 4.94. The van der Waals surface area contributed by atoms with Gasteiger partial charge in [-0.25, -0.2) is 0 Å². The molecule has 0 bridgehead atoms. The third kappa shape index (κ3) is 5.06. The number of para-hydroxylation sites is 1. The van der Waals surface area contributed by atoms with Crippen LogP contribution in [-0.4, -0.2) is 31.2 Å². The van der Waals surface area contributed by atoms with E-state index in [0.29, 0.717) is 12.2 Å². The number of anilines is 1. The number of hydrogen-bond donors (Lipinski definition) is 1. The highest BCUT2D eigenvalue weighted by Gasteiger charge is 2.23. The Morgan fingerprint density at radius 2 is 2.13 bits per heavy atom. The van der Waals surface area contributed by atoms with Crippen molar-refractivity contribution in [2.24, 2.45) is 5.92 Å². The molecule has 1 N–H and O–H groups in total. The molecule has 1 fully saturated rings. The summed E-state index contributed by atoms with van der Waals surface area (Å²) >= 11 is 0. The van der Waals surface area contributed by atoms with Gasteiger partial charge in [0.15, 0.2) is 5.78 Å². The van der Waals surface area contributed by atoms with Gasteiger partial charge in [0.2, 0.25) is 0 Å². The first-order valence-electron chi connectivity index (χ1n) is 8.28. The zero-order chi connectivity index (χ0) is 16.7. The van der Waals surface area contributed by atoms with Gasteiger partial charge >= 0.3 is 5.97 Å². The van der Waals surface area contributed by atoms with E-state index in [4.69, 9.17) is 9.47 Å². The lowest BCUT2D eigenvalue weighted by molar-refractivity contribution is -0.147. The summed E-state index contributed by atoms with van der Waals surface area (Å²) in [4.78, 5) is 24.4. The first-order valence-corrected chi connectivity index (χ1v) is 8.28. The molecule has 1 heterocycles. The van der Waals surface area contributed by atoms with E-state index < -0.39 is 5.92 Å². The summed E-state index contributed by atoms with van der Waals surface area (Å²) in [5.41, 5.74) is 1.35. The van der Waals surface area contributed by atoms with E-state index in [1.165, 1.54) is 0 Å². The van der Waals surface area contributed by atoms with Gasteiger partial charge in [0.05, 0.1) is 19.1 Å². The van der Waals surface area contributed by atoms with Crippen LogP contribution < -0.4 is 5.32 Å². The number of carbonyl (C=O) groups excluding carboxylic acids is 2. The number of rotatable bonds is 9. The van der Waals surface area contributed by atoms with E-state index in [2.05, 4.69) is 5.32 Å². The van der Waals surface area contributed by atoms with Gasteiger partial charge in [-0.1, -0.05) is 32.4 Å². The molecule has 0 aromatic heterocycles. The van der Waals surface area contributed by atoms with Crippen LogP contribution in [0.4, 0.5) is 5.69 Å². The van der Waals surface area contributed by atoms with E-state index in [-0.39, 0.29) is 24.4 Å². The van der Waals surface area contributed by atoms with Crippen molar-refractivity contribution in [1.82, 2.24) is 0 Å². The molecular formula is C18H25NO4. The third-order valence-electron chi connectivity index (χ3n) is 3.88. The molecule has 2 atom stereocenters. The van der Waals surface area contributed by atoms with E-state index >= 15 is 0 Å². The molecule has 0 saturated carbocycles. The number of carbonyl (C=O) groups is 2. The molecule has 1 saturated heterocycles. The fourth-order valence-electron chi connectivity index (χ4n) is 2.31. The van der Waals surface area contributed by atoms with Crippen LogP contribution >= 0.6 is 0 Å². The van der Waals surface area contributed by atoms with Crippen molar-refractivity contribution in [1.29, 1.82) is 0 Å². The van der Waals surface area contributed by atoms with E-state index in [9.17, 15) is 9.59 Å². The first-order chi connectivity index (χ1) is 11.1. The van der Waals surface area contributed by atoms with Gasteiger partial charge in [-0.05, 0) is 18.6 Å². The average Bonchev–Trinajstić information content (AvgIpc) is 2.51. The van der Waals surface area contributed by atoms with Gasteiger partial charge in [-0.15, -0.1) is 0 Å². The standard InChI is InChI=1S/C18H25NO4/c1-3-4-10-23-18(21)13(2)12-16(20)14-7-5-6-8-15(14)19-17-9-11-22-17/h5-8,13,17,19H,3-4,9-12H2,1-2H3. The van der Waals surface area contributed by atoms with Crippen molar-refractivity contribution in [2.45, 2.75) is 45.8 Å². The van der Waals surface area contributed by atoms with E-state index in [1.807, 2.05) is 25.1 Å². The Labute approximate surface area is 137 Å². The van der Waals surface area contributed by atoms with Gasteiger partial charge in [0.1, 0.15) is 6.23 Å². The number of benzene rings is 1. The summed E-state index contributed by atoms with van der Waals surface area (Å²) in [5.74, 6) is -0.806. The van der Waals surface area contributed by atoms with Crippen LogP contribution in [0.15, 0.2) is 24.3 Å².